The van der Waals surface area contributed by atoms with Gasteiger partial charge in [-0.1, -0.05) is 6.07 Å². The van der Waals surface area contributed by atoms with Crippen LogP contribution in [0.3, 0.4) is 0 Å². The Morgan fingerprint density at radius 3 is 3.08 bits per heavy atom. The first-order chi connectivity index (χ1) is 11.7. The smallest absolute Gasteiger partial charge is 0.274 e. The van der Waals surface area contributed by atoms with Crippen molar-refractivity contribution in [1.29, 1.82) is 0 Å². The summed E-state index contributed by atoms with van der Waals surface area (Å²) in [6.07, 6.45) is 3.30. The van der Waals surface area contributed by atoms with E-state index in [4.69, 9.17) is 9.15 Å². The largest absolute Gasteiger partial charge is 0.418 e. The molecule has 4 heterocycles. The van der Waals surface area contributed by atoms with Crippen LogP contribution in [0.15, 0.2) is 34.5 Å². The molecule has 1 fully saturated rings. The minimum atomic E-state index is -0.408. The Labute approximate surface area is 141 Å². The molecule has 0 aromatic carbocycles. The molecule has 1 atom stereocenters. The molecular weight excluding hydrogens is 330 g/mol. The first-order valence-electron chi connectivity index (χ1n) is 7.46. The van der Waals surface area contributed by atoms with Crippen LogP contribution in [-0.4, -0.2) is 50.3 Å². The summed E-state index contributed by atoms with van der Waals surface area (Å²) in [5.41, 5.74) is 0.391. The highest BCUT2D eigenvalue weighted by atomic mass is 32.1. The number of carbonyl (C=O) groups excluding carboxylic acids is 1. The molecule has 0 N–H and O–H groups in total. The first kappa shape index (κ1) is 15.0. The van der Waals surface area contributed by atoms with Gasteiger partial charge in [-0.15, -0.1) is 21.5 Å². The summed E-state index contributed by atoms with van der Waals surface area (Å²) >= 11 is 1.52. The quantitative estimate of drug-likeness (QED) is 0.719. The summed E-state index contributed by atoms with van der Waals surface area (Å²) in [4.78, 5) is 19.4. The average Bonchev–Trinajstić information content (AvgIpc) is 3.35. The molecule has 1 saturated heterocycles. The van der Waals surface area contributed by atoms with Crippen LogP contribution in [0.4, 0.5) is 0 Å². The normalized spacial score (nSPS) is 18.0. The summed E-state index contributed by atoms with van der Waals surface area (Å²) in [6, 6.07) is 3.43. The third-order valence-electron chi connectivity index (χ3n) is 3.77. The number of aryl methyl sites for hydroxylation is 1. The predicted molar refractivity (Wildman–Crippen MR) is 85.4 cm³/mol. The fraction of sp³-hybridized carbons (Fsp3) is 0.333. The summed E-state index contributed by atoms with van der Waals surface area (Å²) < 4.78 is 13.0. The van der Waals surface area contributed by atoms with Crippen LogP contribution in [-0.2, 0) is 11.8 Å². The van der Waals surface area contributed by atoms with Crippen molar-refractivity contribution in [1.82, 2.24) is 24.6 Å². The van der Waals surface area contributed by atoms with Gasteiger partial charge in [-0.05, 0) is 11.4 Å². The Kier molecular flexibility index (Phi) is 3.87. The number of nitrogens with zero attached hydrogens (tertiary/aromatic N) is 5. The lowest BCUT2D eigenvalue weighted by Crippen LogP contribution is -2.43. The van der Waals surface area contributed by atoms with E-state index in [0.717, 1.165) is 4.88 Å². The van der Waals surface area contributed by atoms with Gasteiger partial charge in [0.15, 0.2) is 0 Å². The van der Waals surface area contributed by atoms with Gasteiger partial charge in [-0.3, -0.25) is 4.79 Å². The lowest BCUT2D eigenvalue weighted by atomic mass is 10.2. The number of hydrogen-bond acceptors (Lipinski definition) is 7. The predicted octanol–water partition coefficient (Wildman–Crippen LogP) is 1.75. The van der Waals surface area contributed by atoms with Gasteiger partial charge in [0.1, 0.15) is 11.7 Å². The highest BCUT2D eigenvalue weighted by Gasteiger charge is 2.34. The van der Waals surface area contributed by atoms with E-state index in [-0.39, 0.29) is 5.91 Å². The fourth-order valence-electron chi connectivity index (χ4n) is 2.59. The number of aromatic nitrogens is 4. The molecule has 1 aliphatic heterocycles. The van der Waals surface area contributed by atoms with Gasteiger partial charge in [0.25, 0.3) is 11.8 Å². The summed E-state index contributed by atoms with van der Waals surface area (Å²) in [5, 5.41) is 10.1. The molecule has 9 heteroatoms. The number of amides is 1. The lowest BCUT2D eigenvalue weighted by molar-refractivity contribution is -0.0105. The molecule has 0 aliphatic carbocycles. The standard InChI is InChI=1S/C15H15N5O3S/c1-19-7-10(16-9-19)15(21)20-4-5-22-8-11(20)13-17-18-14(23-13)12-3-2-6-24-12/h2-3,6-7,9,11H,4-5,8H2,1H3. The molecule has 0 spiro atoms. The van der Waals surface area contributed by atoms with Crippen molar-refractivity contribution in [2.75, 3.05) is 19.8 Å². The SMILES string of the molecule is Cn1cnc(C(=O)N2CCOCC2c2nnc(-c3cccs3)o2)c1. The molecule has 0 saturated carbocycles. The van der Waals surface area contributed by atoms with Crippen molar-refractivity contribution in [3.8, 4) is 10.8 Å². The zero-order valence-electron chi connectivity index (χ0n) is 13.0. The molecule has 0 radical (unpaired) electrons. The molecule has 1 aliphatic rings. The van der Waals surface area contributed by atoms with E-state index in [1.807, 2.05) is 24.6 Å². The van der Waals surface area contributed by atoms with Crippen LogP contribution >= 0.6 is 11.3 Å². The maximum atomic E-state index is 12.7. The van der Waals surface area contributed by atoms with Crippen LogP contribution in [0.25, 0.3) is 10.8 Å². The van der Waals surface area contributed by atoms with Crippen LogP contribution in [0, 0.1) is 0 Å². The number of ether oxygens (including phenoxy) is 1. The maximum absolute atomic E-state index is 12.7. The van der Waals surface area contributed by atoms with Gasteiger partial charge in [-0.2, -0.15) is 0 Å². The Balaban J connectivity index is 1.61. The highest BCUT2D eigenvalue weighted by Crippen LogP contribution is 2.29. The number of hydrogen-bond donors (Lipinski definition) is 0. The average molecular weight is 345 g/mol. The van der Waals surface area contributed by atoms with E-state index >= 15 is 0 Å². The van der Waals surface area contributed by atoms with E-state index in [0.29, 0.717) is 37.2 Å². The fourth-order valence-corrected chi connectivity index (χ4v) is 3.23. The van der Waals surface area contributed by atoms with Crippen LogP contribution in [0.2, 0.25) is 0 Å². The van der Waals surface area contributed by atoms with Gasteiger partial charge in [0, 0.05) is 19.8 Å². The number of imidazole rings is 1. The van der Waals surface area contributed by atoms with Crippen molar-refractivity contribution in [2.24, 2.45) is 7.05 Å². The van der Waals surface area contributed by atoms with Crippen LogP contribution in [0.1, 0.15) is 22.4 Å². The topological polar surface area (TPSA) is 86.3 Å². The van der Waals surface area contributed by atoms with E-state index in [9.17, 15) is 4.79 Å². The number of carbonyl (C=O) groups is 1. The van der Waals surface area contributed by atoms with Crippen molar-refractivity contribution in [2.45, 2.75) is 6.04 Å². The third kappa shape index (κ3) is 2.72. The molecule has 3 aromatic heterocycles. The van der Waals surface area contributed by atoms with Crippen molar-refractivity contribution < 1.29 is 13.9 Å². The van der Waals surface area contributed by atoms with E-state index in [2.05, 4.69) is 15.2 Å². The minimum absolute atomic E-state index is 0.167. The van der Waals surface area contributed by atoms with E-state index in [1.54, 1.807) is 22.0 Å². The van der Waals surface area contributed by atoms with Crippen LogP contribution < -0.4 is 0 Å². The Hall–Kier alpha value is -2.52. The highest BCUT2D eigenvalue weighted by molar-refractivity contribution is 7.13. The second-order valence-electron chi connectivity index (χ2n) is 5.44. The summed E-state index contributed by atoms with van der Waals surface area (Å²) in [5.74, 6) is 0.665. The third-order valence-corrected chi connectivity index (χ3v) is 4.63. The molecule has 1 amide bonds. The zero-order chi connectivity index (χ0) is 16.5. The maximum Gasteiger partial charge on any atom is 0.274 e. The molecule has 8 nitrogen and oxygen atoms in total. The van der Waals surface area contributed by atoms with Gasteiger partial charge in [0.2, 0.25) is 5.89 Å². The molecule has 24 heavy (non-hydrogen) atoms. The number of thiophene rings is 1. The number of rotatable bonds is 3. The molecule has 4 rings (SSSR count). The second-order valence-corrected chi connectivity index (χ2v) is 6.38. The summed E-state index contributed by atoms with van der Waals surface area (Å²) in [6.45, 7) is 1.25. The van der Waals surface area contributed by atoms with Gasteiger partial charge in [-0.25, -0.2) is 4.98 Å². The van der Waals surface area contributed by atoms with E-state index in [1.165, 1.54) is 11.3 Å². The van der Waals surface area contributed by atoms with Gasteiger partial charge < -0.3 is 18.6 Å². The monoisotopic (exact) mass is 345 g/mol. The second kappa shape index (κ2) is 6.17. The Morgan fingerprint density at radius 1 is 1.42 bits per heavy atom. The van der Waals surface area contributed by atoms with Gasteiger partial charge in [0.05, 0.1) is 24.4 Å². The molecule has 3 aromatic rings. The minimum Gasteiger partial charge on any atom is -0.418 e. The zero-order valence-corrected chi connectivity index (χ0v) is 13.8. The van der Waals surface area contributed by atoms with Crippen molar-refractivity contribution >= 4 is 17.2 Å². The number of morpholine rings is 1. The lowest BCUT2D eigenvalue weighted by Gasteiger charge is -2.32. The molecule has 124 valence electrons. The first-order valence-corrected chi connectivity index (χ1v) is 8.34. The van der Waals surface area contributed by atoms with E-state index < -0.39 is 6.04 Å². The van der Waals surface area contributed by atoms with Crippen molar-refractivity contribution in [3.05, 3.63) is 41.6 Å². The van der Waals surface area contributed by atoms with Crippen molar-refractivity contribution in [3.63, 3.8) is 0 Å². The Morgan fingerprint density at radius 2 is 2.33 bits per heavy atom. The molecule has 0 bridgehead atoms. The molecular formula is C15H15N5O3S. The summed E-state index contributed by atoms with van der Waals surface area (Å²) in [7, 11) is 1.83. The van der Waals surface area contributed by atoms with Crippen LogP contribution in [0.5, 0.6) is 0 Å². The van der Waals surface area contributed by atoms with Gasteiger partial charge >= 0.3 is 0 Å². The Bertz CT molecular complexity index is 841. The molecule has 1 unspecified atom stereocenters.